The van der Waals surface area contributed by atoms with Gasteiger partial charge in [-0.2, -0.15) is 0 Å². The van der Waals surface area contributed by atoms with E-state index in [4.69, 9.17) is 4.74 Å². The highest BCUT2D eigenvalue weighted by Crippen LogP contribution is 2.31. The first-order valence-corrected chi connectivity index (χ1v) is 10.3. The number of rotatable bonds is 6. The number of amides is 2. The number of anilines is 1. The Morgan fingerprint density at radius 2 is 1.81 bits per heavy atom. The normalized spacial score (nSPS) is 18.4. The van der Waals surface area contributed by atoms with Crippen LogP contribution in [-0.2, 0) is 16.1 Å². The van der Waals surface area contributed by atoms with Crippen molar-refractivity contribution in [2.75, 3.05) is 18.5 Å². The number of hydrogen-bond acceptors (Lipinski definition) is 4. The molecule has 3 aromatic rings. The Bertz CT molecular complexity index is 1090. The van der Waals surface area contributed by atoms with E-state index in [1.807, 2.05) is 30.3 Å². The molecule has 0 bridgehead atoms. The number of aliphatic hydroxyl groups is 1. The molecule has 1 saturated heterocycles. The molecule has 0 unspecified atom stereocenters. The highest BCUT2D eigenvalue weighted by molar-refractivity contribution is 6.04. The van der Waals surface area contributed by atoms with Gasteiger partial charge < -0.3 is 20.1 Å². The maximum Gasteiger partial charge on any atom is 0.255 e. The van der Waals surface area contributed by atoms with Gasteiger partial charge in [0.2, 0.25) is 5.91 Å². The molecule has 1 fully saturated rings. The Hall–Kier alpha value is -3.55. The molecule has 0 aromatic heterocycles. The lowest BCUT2D eigenvalue weighted by molar-refractivity contribution is -0.162. The quantitative estimate of drug-likeness (QED) is 0.622. The molecule has 1 aliphatic rings. The molecule has 1 heterocycles. The maximum absolute atomic E-state index is 13.3. The smallest absolute Gasteiger partial charge is 0.255 e. The largest absolute Gasteiger partial charge is 0.394 e. The minimum atomic E-state index is -0.538. The van der Waals surface area contributed by atoms with Crippen molar-refractivity contribution in [3.05, 3.63) is 101 Å². The van der Waals surface area contributed by atoms with Crippen molar-refractivity contribution < 1.29 is 23.8 Å². The molecule has 2 amide bonds. The van der Waals surface area contributed by atoms with Crippen molar-refractivity contribution in [3.8, 4) is 0 Å². The Labute approximate surface area is 185 Å². The molecule has 32 heavy (non-hydrogen) atoms. The Morgan fingerprint density at radius 1 is 1.06 bits per heavy atom. The lowest BCUT2D eigenvalue weighted by atomic mass is 9.98. The number of morpholine rings is 1. The summed E-state index contributed by atoms with van der Waals surface area (Å²) in [6.45, 7) is 0.0555. The zero-order valence-electron chi connectivity index (χ0n) is 17.3. The molecule has 0 spiro atoms. The first-order valence-electron chi connectivity index (χ1n) is 10.3. The number of nitrogens with one attached hydrogen (secondary N) is 1. The third-order valence-corrected chi connectivity index (χ3v) is 5.42. The van der Waals surface area contributed by atoms with E-state index in [2.05, 4.69) is 5.32 Å². The molecular weight excluding hydrogens is 411 g/mol. The monoisotopic (exact) mass is 434 g/mol. The Kier molecular flexibility index (Phi) is 6.58. The van der Waals surface area contributed by atoms with Gasteiger partial charge in [-0.1, -0.05) is 48.5 Å². The fraction of sp³-hybridized carbons (Fsp3) is 0.200. The van der Waals surface area contributed by atoms with E-state index in [0.717, 1.165) is 11.1 Å². The fourth-order valence-electron chi connectivity index (χ4n) is 3.79. The summed E-state index contributed by atoms with van der Waals surface area (Å²) in [6.07, 6.45) is -0.505. The van der Waals surface area contributed by atoms with Gasteiger partial charge in [-0.05, 0) is 41.5 Å². The summed E-state index contributed by atoms with van der Waals surface area (Å²) in [5.41, 5.74) is 2.51. The van der Waals surface area contributed by atoms with Crippen LogP contribution in [0.2, 0.25) is 0 Å². The van der Waals surface area contributed by atoms with E-state index in [9.17, 15) is 19.1 Å². The summed E-state index contributed by atoms with van der Waals surface area (Å²) < 4.78 is 19.1. The molecule has 0 aliphatic carbocycles. The topological polar surface area (TPSA) is 78.9 Å². The SMILES string of the molecule is O=C(Nc1ccc([C@H]2OCC(=O)N(Cc3ccccc3)[C@@H]2CO)cc1)c1cccc(F)c1. The van der Waals surface area contributed by atoms with Crippen LogP contribution in [0.25, 0.3) is 0 Å². The third kappa shape index (κ3) is 4.85. The van der Waals surface area contributed by atoms with Crippen LogP contribution in [0.3, 0.4) is 0 Å². The number of halogens is 1. The fourth-order valence-corrected chi connectivity index (χ4v) is 3.79. The molecule has 2 N–H and O–H groups in total. The number of carbonyl (C=O) groups is 2. The first kappa shape index (κ1) is 21.7. The average molecular weight is 434 g/mol. The molecule has 0 saturated carbocycles. The van der Waals surface area contributed by atoms with Gasteiger partial charge in [0, 0.05) is 17.8 Å². The lowest BCUT2D eigenvalue weighted by Gasteiger charge is -2.40. The maximum atomic E-state index is 13.3. The number of carbonyl (C=O) groups excluding carboxylic acids is 2. The number of ether oxygens (including phenoxy) is 1. The molecular formula is C25H23FN2O4. The first-order chi connectivity index (χ1) is 15.5. The van der Waals surface area contributed by atoms with E-state index in [1.165, 1.54) is 24.3 Å². The molecule has 4 rings (SSSR count). The standard InChI is InChI=1S/C25H23FN2O4/c26-20-8-4-7-19(13-20)25(31)27-21-11-9-18(10-12-21)24-22(15-29)28(23(30)16-32-24)14-17-5-2-1-3-6-17/h1-13,22,24,29H,14-16H2,(H,27,31)/t22-,24-/m1/s1. The predicted octanol–water partition coefficient (Wildman–Crippen LogP) is 3.54. The summed E-state index contributed by atoms with van der Waals surface area (Å²) in [5.74, 6) is -1.07. The second-order valence-electron chi connectivity index (χ2n) is 7.58. The van der Waals surface area contributed by atoms with Crippen molar-refractivity contribution in [3.63, 3.8) is 0 Å². The van der Waals surface area contributed by atoms with Crippen molar-refractivity contribution in [2.24, 2.45) is 0 Å². The molecule has 0 radical (unpaired) electrons. The van der Waals surface area contributed by atoms with Gasteiger partial charge in [0.25, 0.3) is 5.91 Å². The second-order valence-corrected chi connectivity index (χ2v) is 7.58. The van der Waals surface area contributed by atoms with Crippen LogP contribution in [0.5, 0.6) is 0 Å². The minimum absolute atomic E-state index is 0.0773. The van der Waals surface area contributed by atoms with E-state index >= 15 is 0 Å². The molecule has 3 aromatic carbocycles. The number of benzene rings is 3. The molecule has 164 valence electrons. The third-order valence-electron chi connectivity index (χ3n) is 5.42. The van der Waals surface area contributed by atoms with Crippen molar-refractivity contribution in [1.29, 1.82) is 0 Å². The number of aliphatic hydroxyl groups excluding tert-OH is 1. The van der Waals surface area contributed by atoms with Crippen LogP contribution in [-0.4, -0.2) is 41.1 Å². The molecule has 2 atom stereocenters. The zero-order chi connectivity index (χ0) is 22.5. The minimum Gasteiger partial charge on any atom is -0.394 e. The van der Waals surface area contributed by atoms with Gasteiger partial charge in [0.05, 0.1) is 12.6 Å². The number of nitrogens with zero attached hydrogens (tertiary/aromatic N) is 1. The highest BCUT2D eigenvalue weighted by atomic mass is 19.1. The Balaban J connectivity index is 1.48. The number of hydrogen-bond donors (Lipinski definition) is 2. The van der Waals surface area contributed by atoms with E-state index in [0.29, 0.717) is 12.2 Å². The summed E-state index contributed by atoms with van der Waals surface area (Å²) in [4.78, 5) is 26.5. The van der Waals surface area contributed by atoms with Gasteiger partial charge in [0.15, 0.2) is 0 Å². The van der Waals surface area contributed by atoms with Gasteiger partial charge >= 0.3 is 0 Å². The summed E-state index contributed by atoms with van der Waals surface area (Å²) in [6, 6.07) is 21.5. The highest BCUT2D eigenvalue weighted by Gasteiger charge is 2.37. The second kappa shape index (κ2) is 9.72. The lowest BCUT2D eigenvalue weighted by Crippen LogP contribution is -2.52. The van der Waals surface area contributed by atoms with E-state index in [1.54, 1.807) is 29.2 Å². The van der Waals surface area contributed by atoms with Crippen molar-refractivity contribution in [1.82, 2.24) is 4.90 Å². The van der Waals surface area contributed by atoms with Gasteiger partial charge in [-0.15, -0.1) is 0 Å². The van der Waals surface area contributed by atoms with Crippen molar-refractivity contribution >= 4 is 17.5 Å². The Morgan fingerprint density at radius 3 is 2.50 bits per heavy atom. The van der Waals surface area contributed by atoms with Crippen LogP contribution < -0.4 is 5.32 Å². The van der Waals surface area contributed by atoms with Gasteiger partial charge in [0.1, 0.15) is 18.5 Å². The molecule has 6 nitrogen and oxygen atoms in total. The van der Waals surface area contributed by atoms with Crippen LogP contribution in [0, 0.1) is 5.82 Å². The summed E-state index contributed by atoms with van der Waals surface area (Å²) >= 11 is 0. The predicted molar refractivity (Wildman–Crippen MR) is 117 cm³/mol. The van der Waals surface area contributed by atoms with Gasteiger partial charge in [-0.25, -0.2) is 4.39 Å². The molecule has 1 aliphatic heterocycles. The average Bonchev–Trinajstić information content (AvgIpc) is 2.81. The van der Waals surface area contributed by atoms with Crippen LogP contribution in [0.15, 0.2) is 78.9 Å². The van der Waals surface area contributed by atoms with Crippen LogP contribution in [0.1, 0.15) is 27.6 Å². The van der Waals surface area contributed by atoms with E-state index < -0.39 is 23.9 Å². The molecule has 7 heteroatoms. The summed E-state index contributed by atoms with van der Waals surface area (Å²) in [5, 5.41) is 12.8. The van der Waals surface area contributed by atoms with Crippen LogP contribution in [0.4, 0.5) is 10.1 Å². The van der Waals surface area contributed by atoms with E-state index in [-0.39, 0.29) is 24.7 Å². The van der Waals surface area contributed by atoms with Gasteiger partial charge in [-0.3, -0.25) is 9.59 Å². The summed E-state index contributed by atoms with van der Waals surface area (Å²) in [7, 11) is 0. The zero-order valence-corrected chi connectivity index (χ0v) is 17.3. The van der Waals surface area contributed by atoms with Crippen LogP contribution >= 0.6 is 0 Å². The van der Waals surface area contributed by atoms with Crippen molar-refractivity contribution in [2.45, 2.75) is 18.7 Å².